The van der Waals surface area contributed by atoms with Gasteiger partial charge in [-0.05, 0) is 33.1 Å². The molecule has 0 saturated heterocycles. The van der Waals surface area contributed by atoms with Gasteiger partial charge in [-0.25, -0.2) is 4.90 Å². The Morgan fingerprint density at radius 2 is 1.35 bits per heavy atom. The summed E-state index contributed by atoms with van der Waals surface area (Å²) < 4.78 is 11.5. The molecule has 103 valence electrons. The van der Waals surface area contributed by atoms with Crippen molar-refractivity contribution in [1.29, 1.82) is 0 Å². The lowest BCUT2D eigenvalue weighted by Gasteiger charge is -2.33. The van der Waals surface area contributed by atoms with Crippen LogP contribution in [-0.4, -0.2) is 30.6 Å². The third-order valence-electron chi connectivity index (χ3n) is 2.59. The van der Waals surface area contributed by atoms with Gasteiger partial charge in [0, 0.05) is 19.8 Å². The highest BCUT2D eigenvalue weighted by molar-refractivity contribution is 4.72. The summed E-state index contributed by atoms with van der Waals surface area (Å²) >= 11 is 0. The quantitative estimate of drug-likeness (QED) is 0.516. The van der Waals surface area contributed by atoms with E-state index in [1.165, 1.54) is 0 Å². The Morgan fingerprint density at radius 1 is 0.882 bits per heavy atom. The third-order valence-corrected chi connectivity index (χ3v) is 2.59. The molecule has 0 aliphatic heterocycles. The highest BCUT2D eigenvalue weighted by atomic mass is 16.5. The molecule has 3 heteroatoms. The van der Waals surface area contributed by atoms with Gasteiger partial charge in [0.2, 0.25) is 0 Å². The molecule has 0 aromatic rings. The predicted molar refractivity (Wildman–Crippen MR) is 72.5 cm³/mol. The minimum atomic E-state index is 0.0911. The topological polar surface area (TPSA) is 21.7 Å². The van der Waals surface area contributed by atoms with Crippen LogP contribution in [-0.2, 0) is 9.47 Å². The minimum absolute atomic E-state index is 0.0911. The summed E-state index contributed by atoms with van der Waals surface area (Å²) in [5.74, 6) is 0. The van der Waals surface area contributed by atoms with Crippen molar-refractivity contribution in [1.82, 2.24) is 4.90 Å². The SMILES string of the molecule is CCC[CH]N(C(C)OCCC)C(C)OCCC. The van der Waals surface area contributed by atoms with Gasteiger partial charge in [0.05, 0.1) is 0 Å². The molecule has 2 atom stereocenters. The number of rotatable bonds is 11. The molecule has 0 heterocycles. The van der Waals surface area contributed by atoms with E-state index in [1.807, 2.05) is 0 Å². The van der Waals surface area contributed by atoms with E-state index in [2.05, 4.69) is 46.1 Å². The normalized spacial score (nSPS) is 15.2. The summed E-state index contributed by atoms with van der Waals surface area (Å²) in [7, 11) is 0. The lowest BCUT2D eigenvalue weighted by molar-refractivity contribution is -0.126. The van der Waals surface area contributed by atoms with Crippen molar-refractivity contribution in [2.75, 3.05) is 13.2 Å². The fourth-order valence-corrected chi connectivity index (χ4v) is 1.62. The molecule has 0 saturated carbocycles. The summed E-state index contributed by atoms with van der Waals surface area (Å²) in [6, 6.07) is 0. The number of hydrogen-bond donors (Lipinski definition) is 0. The maximum Gasteiger partial charge on any atom is 0.110 e. The van der Waals surface area contributed by atoms with E-state index in [1.54, 1.807) is 0 Å². The first kappa shape index (κ1) is 16.9. The van der Waals surface area contributed by atoms with Crippen molar-refractivity contribution in [3.63, 3.8) is 0 Å². The van der Waals surface area contributed by atoms with Crippen LogP contribution >= 0.6 is 0 Å². The monoisotopic (exact) mass is 244 g/mol. The average molecular weight is 244 g/mol. The summed E-state index contributed by atoms with van der Waals surface area (Å²) in [6.07, 6.45) is 4.51. The van der Waals surface area contributed by atoms with E-state index < -0.39 is 0 Å². The molecule has 0 aliphatic carbocycles. The molecule has 3 nitrogen and oxygen atoms in total. The van der Waals surface area contributed by atoms with Crippen LogP contribution in [0.1, 0.15) is 60.3 Å². The molecule has 0 aliphatic rings. The molecule has 1 radical (unpaired) electrons. The summed E-state index contributed by atoms with van der Waals surface area (Å²) in [5, 5.41) is 0. The highest BCUT2D eigenvalue weighted by Crippen LogP contribution is 2.14. The second-order valence-electron chi connectivity index (χ2n) is 4.36. The fourth-order valence-electron chi connectivity index (χ4n) is 1.62. The first-order chi connectivity index (χ1) is 8.17. The van der Waals surface area contributed by atoms with Crippen LogP contribution in [0.2, 0.25) is 0 Å². The number of nitrogens with zero attached hydrogens (tertiary/aromatic N) is 1. The third kappa shape index (κ3) is 7.74. The Kier molecular flexibility index (Phi) is 10.9. The largest absolute Gasteiger partial charge is 0.363 e. The summed E-state index contributed by atoms with van der Waals surface area (Å²) in [4.78, 5) is 2.19. The Balaban J connectivity index is 4.17. The predicted octanol–water partition coefficient (Wildman–Crippen LogP) is 3.80. The lowest BCUT2D eigenvalue weighted by Crippen LogP contribution is -2.41. The van der Waals surface area contributed by atoms with E-state index in [0.29, 0.717) is 0 Å². The Labute approximate surface area is 107 Å². The minimum Gasteiger partial charge on any atom is -0.363 e. The van der Waals surface area contributed by atoms with Gasteiger partial charge in [-0.15, -0.1) is 0 Å². The maximum absolute atomic E-state index is 5.77. The Morgan fingerprint density at radius 3 is 1.71 bits per heavy atom. The van der Waals surface area contributed by atoms with Gasteiger partial charge < -0.3 is 9.47 Å². The van der Waals surface area contributed by atoms with Crippen molar-refractivity contribution in [3.05, 3.63) is 6.54 Å². The lowest BCUT2D eigenvalue weighted by atomic mass is 10.3. The first-order valence-electron chi connectivity index (χ1n) is 7.01. The van der Waals surface area contributed by atoms with Crippen LogP contribution in [0.5, 0.6) is 0 Å². The molecule has 0 aromatic heterocycles. The van der Waals surface area contributed by atoms with Crippen LogP contribution in [0.15, 0.2) is 0 Å². The van der Waals surface area contributed by atoms with Crippen molar-refractivity contribution < 1.29 is 9.47 Å². The smallest absolute Gasteiger partial charge is 0.110 e. The van der Waals surface area contributed by atoms with Gasteiger partial charge in [0.1, 0.15) is 12.5 Å². The zero-order chi connectivity index (χ0) is 13.1. The van der Waals surface area contributed by atoms with Crippen LogP contribution in [0.3, 0.4) is 0 Å². The molecule has 0 N–H and O–H groups in total. The van der Waals surface area contributed by atoms with Crippen LogP contribution in [0.4, 0.5) is 0 Å². The molecule has 2 unspecified atom stereocenters. The zero-order valence-electron chi connectivity index (χ0n) is 12.2. The van der Waals surface area contributed by atoms with Gasteiger partial charge in [0.15, 0.2) is 0 Å². The van der Waals surface area contributed by atoms with E-state index in [4.69, 9.17) is 9.47 Å². The van der Waals surface area contributed by atoms with Gasteiger partial charge in [-0.1, -0.05) is 27.2 Å². The van der Waals surface area contributed by atoms with E-state index in [9.17, 15) is 0 Å². The molecule has 0 bridgehead atoms. The van der Waals surface area contributed by atoms with Crippen molar-refractivity contribution in [2.24, 2.45) is 0 Å². The van der Waals surface area contributed by atoms with Gasteiger partial charge >= 0.3 is 0 Å². The van der Waals surface area contributed by atoms with E-state index in [0.717, 1.165) is 38.9 Å². The van der Waals surface area contributed by atoms with Crippen LogP contribution < -0.4 is 0 Å². The zero-order valence-corrected chi connectivity index (χ0v) is 12.2. The van der Waals surface area contributed by atoms with E-state index in [-0.39, 0.29) is 12.5 Å². The number of unbranched alkanes of at least 4 members (excludes halogenated alkanes) is 1. The van der Waals surface area contributed by atoms with Gasteiger partial charge in [-0.2, -0.15) is 0 Å². The highest BCUT2D eigenvalue weighted by Gasteiger charge is 2.20. The molecule has 17 heavy (non-hydrogen) atoms. The van der Waals surface area contributed by atoms with Gasteiger partial charge in [-0.3, -0.25) is 0 Å². The average Bonchev–Trinajstić information content (AvgIpc) is 2.34. The molecule has 0 fully saturated rings. The van der Waals surface area contributed by atoms with Gasteiger partial charge in [0.25, 0.3) is 0 Å². The number of ether oxygens (including phenoxy) is 2. The van der Waals surface area contributed by atoms with E-state index >= 15 is 0 Å². The number of hydrogen-bond acceptors (Lipinski definition) is 3. The molecular formula is C14H30NO2. The summed E-state index contributed by atoms with van der Waals surface area (Å²) in [5.41, 5.74) is 0. The molecule has 0 spiro atoms. The van der Waals surface area contributed by atoms with Crippen molar-refractivity contribution >= 4 is 0 Å². The molecule has 0 rings (SSSR count). The molecular weight excluding hydrogens is 214 g/mol. The Hall–Kier alpha value is -0.120. The summed E-state index contributed by atoms with van der Waals surface area (Å²) in [6.45, 7) is 14.4. The van der Waals surface area contributed by atoms with Crippen molar-refractivity contribution in [2.45, 2.75) is 72.8 Å². The molecule has 0 amide bonds. The molecule has 0 aromatic carbocycles. The fraction of sp³-hybridized carbons (Fsp3) is 0.929. The maximum atomic E-state index is 5.77. The first-order valence-corrected chi connectivity index (χ1v) is 7.01. The second kappa shape index (κ2) is 11.0. The Bertz CT molecular complexity index is 150. The van der Waals surface area contributed by atoms with Crippen molar-refractivity contribution in [3.8, 4) is 0 Å². The second-order valence-corrected chi connectivity index (χ2v) is 4.36. The van der Waals surface area contributed by atoms with Crippen LogP contribution in [0, 0.1) is 6.54 Å². The van der Waals surface area contributed by atoms with Crippen LogP contribution in [0.25, 0.3) is 0 Å². The standard InChI is InChI=1S/C14H30NO2/c1-6-9-10-15(13(4)16-11-7-2)14(5)17-12-8-3/h10,13-14H,6-9,11-12H2,1-5H3.